The SMILES string of the molecule is COC(=O)C(C)(O)[C@@](O)(C[C@H](C)CC/C=C(/C)CCC/C(C)=C/CCc1ccoc1)C(=O)OC. The zero-order chi connectivity index (χ0) is 25.8. The Hall–Kier alpha value is -2.38. The molecule has 0 aliphatic rings. The predicted octanol–water partition coefficient (Wildman–Crippen LogP) is 4.91. The zero-order valence-electron chi connectivity index (χ0n) is 21.6. The molecule has 0 fully saturated rings. The van der Waals surface area contributed by atoms with E-state index in [1.807, 2.05) is 13.0 Å². The van der Waals surface area contributed by atoms with Gasteiger partial charge in [0.2, 0.25) is 5.60 Å². The van der Waals surface area contributed by atoms with E-state index in [-0.39, 0.29) is 12.3 Å². The van der Waals surface area contributed by atoms with Crippen LogP contribution in [-0.4, -0.2) is 47.6 Å². The molecule has 7 nitrogen and oxygen atoms in total. The number of allylic oxidation sites excluding steroid dienone is 4. The van der Waals surface area contributed by atoms with Gasteiger partial charge in [-0.25, -0.2) is 9.59 Å². The van der Waals surface area contributed by atoms with Crippen LogP contribution in [0.2, 0.25) is 0 Å². The van der Waals surface area contributed by atoms with Crippen molar-refractivity contribution in [3.8, 4) is 0 Å². The molecule has 1 aromatic rings. The number of furan rings is 1. The van der Waals surface area contributed by atoms with Gasteiger partial charge in [0.1, 0.15) is 0 Å². The van der Waals surface area contributed by atoms with E-state index in [1.54, 1.807) is 12.5 Å². The average Bonchev–Trinajstić information content (AvgIpc) is 3.31. The summed E-state index contributed by atoms with van der Waals surface area (Å²) in [5.41, 5.74) is -0.906. The highest BCUT2D eigenvalue weighted by molar-refractivity contribution is 5.92. The van der Waals surface area contributed by atoms with Crippen LogP contribution in [0.15, 0.2) is 46.3 Å². The molecule has 0 aliphatic heterocycles. The molecule has 0 aliphatic carbocycles. The van der Waals surface area contributed by atoms with Crippen LogP contribution in [0.3, 0.4) is 0 Å². The number of hydrogen-bond acceptors (Lipinski definition) is 7. The molecule has 0 amide bonds. The summed E-state index contributed by atoms with van der Waals surface area (Å²) in [4.78, 5) is 24.2. The number of carbonyl (C=O) groups excluding carboxylic acids is 2. The highest BCUT2D eigenvalue weighted by Gasteiger charge is 2.58. The minimum Gasteiger partial charge on any atom is -0.472 e. The van der Waals surface area contributed by atoms with E-state index in [4.69, 9.17) is 4.42 Å². The number of hydrogen-bond donors (Lipinski definition) is 2. The van der Waals surface area contributed by atoms with Crippen molar-refractivity contribution in [2.24, 2.45) is 5.92 Å². The summed E-state index contributed by atoms with van der Waals surface area (Å²) in [6.07, 6.45) is 14.4. The monoisotopic (exact) mass is 478 g/mol. The first-order chi connectivity index (χ1) is 16.0. The molecule has 0 saturated heterocycles. The van der Waals surface area contributed by atoms with Crippen LogP contribution in [0.5, 0.6) is 0 Å². The minimum atomic E-state index is -2.42. The van der Waals surface area contributed by atoms with Gasteiger partial charge >= 0.3 is 11.9 Å². The molecule has 0 aromatic carbocycles. The van der Waals surface area contributed by atoms with Gasteiger partial charge in [-0.2, -0.15) is 0 Å². The van der Waals surface area contributed by atoms with Crippen LogP contribution < -0.4 is 0 Å². The van der Waals surface area contributed by atoms with Crippen molar-refractivity contribution >= 4 is 11.9 Å². The van der Waals surface area contributed by atoms with Crippen molar-refractivity contribution in [1.29, 1.82) is 0 Å². The first-order valence-electron chi connectivity index (χ1n) is 11.9. The zero-order valence-corrected chi connectivity index (χ0v) is 21.6. The molecule has 0 bridgehead atoms. The van der Waals surface area contributed by atoms with E-state index < -0.39 is 23.1 Å². The van der Waals surface area contributed by atoms with E-state index in [1.165, 1.54) is 16.7 Å². The molecule has 0 radical (unpaired) electrons. The Labute approximate surface area is 203 Å². The Bertz CT molecular complexity index is 820. The van der Waals surface area contributed by atoms with Gasteiger partial charge in [-0.3, -0.25) is 0 Å². The van der Waals surface area contributed by atoms with Crippen molar-refractivity contribution in [1.82, 2.24) is 0 Å². The van der Waals surface area contributed by atoms with E-state index in [2.05, 4.69) is 35.5 Å². The van der Waals surface area contributed by atoms with E-state index in [0.29, 0.717) is 6.42 Å². The largest absolute Gasteiger partial charge is 0.472 e. The molecule has 1 rings (SSSR count). The molecular formula is C27H42O7. The van der Waals surface area contributed by atoms with Gasteiger partial charge in [0.05, 0.1) is 26.7 Å². The third-order valence-electron chi connectivity index (χ3n) is 6.36. The van der Waals surface area contributed by atoms with Crippen molar-refractivity contribution in [3.05, 3.63) is 47.5 Å². The van der Waals surface area contributed by atoms with Crippen molar-refractivity contribution in [3.63, 3.8) is 0 Å². The van der Waals surface area contributed by atoms with Crippen LogP contribution in [-0.2, 0) is 25.5 Å². The predicted molar refractivity (Wildman–Crippen MR) is 131 cm³/mol. The van der Waals surface area contributed by atoms with Crippen LogP contribution >= 0.6 is 0 Å². The lowest BCUT2D eigenvalue weighted by molar-refractivity contribution is -0.210. The molecule has 1 aromatic heterocycles. The fourth-order valence-corrected chi connectivity index (χ4v) is 4.01. The molecule has 2 N–H and O–H groups in total. The number of methoxy groups -OCH3 is 2. The minimum absolute atomic E-state index is 0.128. The Kier molecular flexibility index (Phi) is 12.3. The Morgan fingerprint density at radius 1 is 1.06 bits per heavy atom. The first kappa shape index (κ1) is 29.7. The van der Waals surface area contributed by atoms with Gasteiger partial charge in [-0.15, -0.1) is 0 Å². The second-order valence-electron chi connectivity index (χ2n) is 9.43. The average molecular weight is 479 g/mol. The van der Waals surface area contributed by atoms with Gasteiger partial charge in [-0.05, 0) is 89.7 Å². The molecule has 1 heterocycles. The summed E-state index contributed by atoms with van der Waals surface area (Å²) >= 11 is 0. The summed E-state index contributed by atoms with van der Waals surface area (Å²) < 4.78 is 14.3. The first-order valence-corrected chi connectivity index (χ1v) is 11.9. The Morgan fingerprint density at radius 3 is 2.18 bits per heavy atom. The fraction of sp³-hybridized carbons (Fsp3) is 0.630. The lowest BCUT2D eigenvalue weighted by Crippen LogP contribution is -2.63. The number of ether oxygens (including phenoxy) is 2. The second-order valence-corrected chi connectivity index (χ2v) is 9.43. The van der Waals surface area contributed by atoms with Crippen molar-refractivity contribution in [2.75, 3.05) is 14.2 Å². The number of esters is 2. The topological polar surface area (TPSA) is 106 Å². The van der Waals surface area contributed by atoms with Crippen molar-refractivity contribution in [2.45, 2.75) is 90.3 Å². The molecule has 192 valence electrons. The summed E-state index contributed by atoms with van der Waals surface area (Å²) in [5, 5.41) is 21.5. The van der Waals surface area contributed by atoms with Gasteiger partial charge in [-0.1, -0.05) is 30.2 Å². The molecule has 7 heteroatoms. The molecule has 3 atom stereocenters. The Balaban J connectivity index is 2.49. The third kappa shape index (κ3) is 8.76. The highest BCUT2D eigenvalue weighted by atomic mass is 16.6. The van der Waals surface area contributed by atoms with Crippen LogP contribution in [0.1, 0.15) is 78.2 Å². The second kappa shape index (κ2) is 14.1. The summed E-state index contributed by atoms with van der Waals surface area (Å²) in [5.74, 6) is -2.30. The molecule has 0 saturated carbocycles. The third-order valence-corrected chi connectivity index (χ3v) is 6.36. The molecule has 34 heavy (non-hydrogen) atoms. The van der Waals surface area contributed by atoms with Crippen LogP contribution in [0.4, 0.5) is 0 Å². The lowest BCUT2D eigenvalue weighted by Gasteiger charge is -2.37. The number of carbonyl (C=O) groups is 2. The number of aliphatic hydroxyl groups is 2. The van der Waals surface area contributed by atoms with E-state index >= 15 is 0 Å². The van der Waals surface area contributed by atoms with Crippen LogP contribution in [0.25, 0.3) is 0 Å². The summed E-state index contributed by atoms with van der Waals surface area (Å²) in [6.45, 7) is 7.21. The lowest BCUT2D eigenvalue weighted by atomic mass is 9.77. The van der Waals surface area contributed by atoms with Gasteiger partial charge in [0, 0.05) is 0 Å². The van der Waals surface area contributed by atoms with E-state index in [0.717, 1.165) is 59.7 Å². The molecular weight excluding hydrogens is 436 g/mol. The fourth-order valence-electron chi connectivity index (χ4n) is 4.01. The maximum Gasteiger partial charge on any atom is 0.341 e. The smallest absolute Gasteiger partial charge is 0.341 e. The standard InChI is InChI=1S/C27H42O7/c1-20(10-7-11-21(2)13-9-15-23-16-17-34-19-23)12-8-14-22(3)18-27(31,25(29)33-6)26(4,30)24(28)32-5/h12-13,16-17,19,22,30-31H,7-11,14-15,18H2,1-6H3/b20-12-,21-13+/t22-,26?,27-/m1/s1. The van der Waals surface area contributed by atoms with Gasteiger partial charge < -0.3 is 24.1 Å². The number of rotatable bonds is 15. The van der Waals surface area contributed by atoms with E-state index in [9.17, 15) is 19.8 Å². The number of aryl methyl sites for hydroxylation is 1. The maximum absolute atomic E-state index is 12.3. The summed E-state index contributed by atoms with van der Waals surface area (Å²) in [7, 11) is 2.19. The molecule has 1 unspecified atom stereocenters. The maximum atomic E-state index is 12.3. The van der Waals surface area contributed by atoms with Gasteiger partial charge in [0.25, 0.3) is 0 Å². The highest BCUT2D eigenvalue weighted by Crippen LogP contribution is 2.33. The normalized spacial score (nSPS) is 16.9. The van der Waals surface area contributed by atoms with Crippen molar-refractivity contribution < 1.29 is 33.7 Å². The molecule has 0 spiro atoms. The summed E-state index contributed by atoms with van der Waals surface area (Å²) in [6, 6.07) is 2.00. The van der Waals surface area contributed by atoms with Crippen LogP contribution in [0, 0.1) is 5.92 Å². The van der Waals surface area contributed by atoms with Gasteiger partial charge in [0.15, 0.2) is 5.60 Å². The quantitative estimate of drug-likeness (QED) is 0.272. The Morgan fingerprint density at radius 2 is 1.65 bits per heavy atom.